The highest BCUT2D eigenvalue weighted by molar-refractivity contribution is 5.72. The fraction of sp³-hybridized carbons (Fsp3) is 0.357. The van der Waals surface area contributed by atoms with Crippen LogP contribution in [0.4, 0.5) is 11.4 Å². The Labute approximate surface area is 116 Å². The molecule has 1 aromatic heterocycles. The number of nitrogens with zero attached hydrogens (tertiary/aromatic N) is 3. The molecule has 0 aliphatic heterocycles. The van der Waals surface area contributed by atoms with E-state index in [0.29, 0.717) is 23.3 Å². The molecule has 0 bridgehead atoms. The molecule has 6 heteroatoms. The van der Waals surface area contributed by atoms with E-state index in [-0.39, 0.29) is 5.69 Å². The zero-order valence-electron chi connectivity index (χ0n) is 11.2. The number of anilines is 1. The normalized spacial score (nSPS) is 16.1. The van der Waals surface area contributed by atoms with Crippen LogP contribution in [0, 0.1) is 16.0 Å². The molecule has 0 amide bonds. The van der Waals surface area contributed by atoms with Crippen molar-refractivity contribution < 1.29 is 4.92 Å². The molecule has 0 spiro atoms. The van der Waals surface area contributed by atoms with Gasteiger partial charge in [0.05, 0.1) is 16.7 Å². The Morgan fingerprint density at radius 1 is 1.40 bits per heavy atom. The molecule has 6 nitrogen and oxygen atoms in total. The van der Waals surface area contributed by atoms with Gasteiger partial charge in [-0.3, -0.25) is 14.8 Å². The number of nitrogen functional groups attached to an aromatic ring is 1. The molecule has 2 aromatic rings. The monoisotopic (exact) mass is 272 g/mol. The topological polar surface area (TPSA) is 87.0 Å². The summed E-state index contributed by atoms with van der Waals surface area (Å²) in [6.45, 7) is 2.14. The van der Waals surface area contributed by atoms with Crippen LogP contribution in [0.25, 0.3) is 11.3 Å². The summed E-state index contributed by atoms with van der Waals surface area (Å²) in [5.74, 6) is 0.694. The van der Waals surface area contributed by atoms with Crippen LogP contribution in [-0.4, -0.2) is 14.7 Å². The zero-order chi connectivity index (χ0) is 14.3. The summed E-state index contributed by atoms with van der Waals surface area (Å²) < 4.78 is 1.91. The van der Waals surface area contributed by atoms with E-state index in [1.54, 1.807) is 12.1 Å². The predicted octanol–water partition coefficient (Wildman–Crippen LogP) is 3.01. The van der Waals surface area contributed by atoms with Crippen LogP contribution in [0.15, 0.2) is 30.5 Å². The first-order valence-corrected chi connectivity index (χ1v) is 6.65. The van der Waals surface area contributed by atoms with E-state index in [0.717, 1.165) is 5.56 Å². The number of aromatic nitrogens is 2. The van der Waals surface area contributed by atoms with Gasteiger partial charge in [-0.15, -0.1) is 0 Å². The van der Waals surface area contributed by atoms with Crippen LogP contribution in [0.1, 0.15) is 25.8 Å². The van der Waals surface area contributed by atoms with E-state index >= 15 is 0 Å². The molecule has 1 aliphatic rings. The van der Waals surface area contributed by atoms with Crippen molar-refractivity contribution in [3.05, 3.63) is 40.6 Å². The minimum atomic E-state index is -0.416. The average Bonchev–Trinajstić information content (AvgIpc) is 3.21. The first-order chi connectivity index (χ1) is 9.56. The lowest BCUT2D eigenvalue weighted by molar-refractivity contribution is -0.384. The first kappa shape index (κ1) is 12.7. The number of nitro benzene ring substituents is 1. The number of non-ortho nitro benzene ring substituents is 1. The van der Waals surface area contributed by atoms with Crippen molar-refractivity contribution in [3.8, 4) is 11.3 Å². The average molecular weight is 272 g/mol. The summed E-state index contributed by atoms with van der Waals surface area (Å²) in [7, 11) is 0. The summed E-state index contributed by atoms with van der Waals surface area (Å²) >= 11 is 0. The van der Waals surface area contributed by atoms with E-state index in [4.69, 9.17) is 5.73 Å². The SMILES string of the molecule is CC(C1CC1)n1cc(N)c(-c2ccc([N+](=O)[O-])cc2)n1. The Morgan fingerprint density at radius 3 is 2.60 bits per heavy atom. The minimum absolute atomic E-state index is 0.0677. The third-order valence-electron chi connectivity index (χ3n) is 3.83. The molecule has 1 atom stereocenters. The maximum Gasteiger partial charge on any atom is 0.269 e. The van der Waals surface area contributed by atoms with Gasteiger partial charge in [0.15, 0.2) is 0 Å². The third kappa shape index (κ3) is 2.24. The minimum Gasteiger partial charge on any atom is -0.396 e. The quantitative estimate of drug-likeness (QED) is 0.684. The second kappa shape index (κ2) is 4.63. The van der Waals surface area contributed by atoms with Gasteiger partial charge < -0.3 is 5.73 Å². The summed E-state index contributed by atoms with van der Waals surface area (Å²) in [5.41, 5.74) is 8.17. The van der Waals surface area contributed by atoms with Crippen molar-refractivity contribution >= 4 is 11.4 Å². The van der Waals surface area contributed by atoms with Crippen molar-refractivity contribution in [3.63, 3.8) is 0 Å². The summed E-state index contributed by atoms with van der Waals surface area (Å²) in [6, 6.07) is 6.66. The lowest BCUT2D eigenvalue weighted by Gasteiger charge is -2.09. The molecule has 0 saturated heterocycles. The number of hydrogen-bond donors (Lipinski definition) is 1. The first-order valence-electron chi connectivity index (χ1n) is 6.65. The highest BCUT2D eigenvalue weighted by Gasteiger charge is 2.30. The predicted molar refractivity (Wildman–Crippen MR) is 76.2 cm³/mol. The molecule has 104 valence electrons. The van der Waals surface area contributed by atoms with E-state index in [1.165, 1.54) is 25.0 Å². The summed E-state index contributed by atoms with van der Waals surface area (Å²) in [4.78, 5) is 10.2. The molecular weight excluding hydrogens is 256 g/mol. The van der Waals surface area contributed by atoms with Gasteiger partial charge in [0, 0.05) is 23.9 Å². The van der Waals surface area contributed by atoms with E-state index in [9.17, 15) is 10.1 Å². The Hall–Kier alpha value is -2.37. The molecule has 0 radical (unpaired) electrons. The molecule has 20 heavy (non-hydrogen) atoms. The molecule has 2 N–H and O–H groups in total. The maximum absolute atomic E-state index is 10.7. The van der Waals surface area contributed by atoms with Gasteiger partial charge in [-0.25, -0.2) is 0 Å². The smallest absolute Gasteiger partial charge is 0.269 e. The van der Waals surface area contributed by atoms with Gasteiger partial charge in [-0.1, -0.05) is 0 Å². The highest BCUT2D eigenvalue weighted by Crippen LogP contribution is 2.40. The van der Waals surface area contributed by atoms with Crippen LogP contribution in [-0.2, 0) is 0 Å². The third-order valence-corrected chi connectivity index (χ3v) is 3.83. The molecule has 1 saturated carbocycles. The van der Waals surface area contributed by atoms with Crippen molar-refractivity contribution in [2.45, 2.75) is 25.8 Å². The number of benzene rings is 1. The lowest BCUT2D eigenvalue weighted by Crippen LogP contribution is -2.07. The van der Waals surface area contributed by atoms with Gasteiger partial charge >= 0.3 is 0 Å². The second-order valence-electron chi connectivity index (χ2n) is 5.30. The van der Waals surface area contributed by atoms with Gasteiger partial charge in [-0.2, -0.15) is 5.10 Å². The Balaban J connectivity index is 1.91. The van der Waals surface area contributed by atoms with Crippen molar-refractivity contribution in [2.75, 3.05) is 5.73 Å². The summed E-state index contributed by atoms with van der Waals surface area (Å²) in [5, 5.41) is 15.2. The number of rotatable bonds is 4. The molecule has 1 fully saturated rings. The standard InChI is InChI=1S/C14H16N4O2/c1-9(10-2-3-10)17-8-13(15)14(16-17)11-4-6-12(7-5-11)18(19)20/h4-10H,2-3,15H2,1H3. The fourth-order valence-corrected chi connectivity index (χ4v) is 2.37. The van der Waals surface area contributed by atoms with Crippen LogP contribution < -0.4 is 5.73 Å². The molecule has 1 aromatic carbocycles. The van der Waals surface area contributed by atoms with Gasteiger partial charge in [-0.05, 0) is 37.8 Å². The fourth-order valence-electron chi connectivity index (χ4n) is 2.37. The molecule has 3 rings (SSSR count). The van der Waals surface area contributed by atoms with Crippen LogP contribution in [0.2, 0.25) is 0 Å². The number of nitrogens with two attached hydrogens (primary N) is 1. The second-order valence-corrected chi connectivity index (χ2v) is 5.30. The van der Waals surface area contributed by atoms with Gasteiger partial charge in [0.1, 0.15) is 5.69 Å². The maximum atomic E-state index is 10.7. The van der Waals surface area contributed by atoms with Crippen LogP contribution in [0.3, 0.4) is 0 Å². The molecule has 1 unspecified atom stereocenters. The Bertz CT molecular complexity index is 644. The van der Waals surface area contributed by atoms with Crippen LogP contribution >= 0.6 is 0 Å². The van der Waals surface area contributed by atoms with E-state index < -0.39 is 4.92 Å². The largest absolute Gasteiger partial charge is 0.396 e. The van der Waals surface area contributed by atoms with Crippen molar-refractivity contribution in [1.82, 2.24) is 9.78 Å². The number of hydrogen-bond acceptors (Lipinski definition) is 4. The van der Waals surface area contributed by atoms with E-state index in [1.807, 2.05) is 10.9 Å². The Kier molecular flexibility index (Phi) is 2.93. The zero-order valence-corrected chi connectivity index (χ0v) is 11.2. The molecular formula is C14H16N4O2. The van der Waals surface area contributed by atoms with Crippen molar-refractivity contribution in [1.29, 1.82) is 0 Å². The van der Waals surface area contributed by atoms with Crippen molar-refractivity contribution in [2.24, 2.45) is 5.92 Å². The number of nitro groups is 1. The lowest BCUT2D eigenvalue weighted by atomic mass is 10.1. The molecule has 1 aliphatic carbocycles. The van der Waals surface area contributed by atoms with Gasteiger partial charge in [0.25, 0.3) is 5.69 Å². The van der Waals surface area contributed by atoms with Crippen LogP contribution in [0.5, 0.6) is 0 Å². The Morgan fingerprint density at radius 2 is 2.05 bits per heavy atom. The van der Waals surface area contributed by atoms with E-state index in [2.05, 4.69) is 12.0 Å². The highest BCUT2D eigenvalue weighted by atomic mass is 16.6. The molecule has 1 heterocycles. The van der Waals surface area contributed by atoms with Gasteiger partial charge in [0.2, 0.25) is 0 Å². The summed E-state index contributed by atoms with van der Waals surface area (Å²) in [6.07, 6.45) is 4.33.